The van der Waals surface area contributed by atoms with E-state index >= 15 is 0 Å². The number of aromatic hydroxyl groups is 2. The molecule has 1 fully saturated rings. The van der Waals surface area contributed by atoms with Crippen LogP contribution in [0.2, 0.25) is 0 Å². The Morgan fingerprint density at radius 1 is 0.875 bits per heavy atom. The first kappa shape index (κ1) is 13.9. The standard InChI is InChI=1S/C20H19NO3/c1-19-9-10-20(2,24-19)16-15(19)17(22)21(18(16)23)14-8-7-12-5-3-4-6-13(12)11-14/h3-8,11,22-23H,9-10H2,1-2H3/t19-,20+. The molecule has 3 aromatic rings. The zero-order valence-electron chi connectivity index (χ0n) is 13.7. The zero-order chi connectivity index (χ0) is 16.7. The fourth-order valence-electron chi connectivity index (χ4n) is 4.54. The minimum atomic E-state index is -0.520. The summed E-state index contributed by atoms with van der Waals surface area (Å²) in [5, 5.41) is 24.0. The quantitative estimate of drug-likeness (QED) is 0.703. The van der Waals surface area contributed by atoms with Crippen molar-refractivity contribution in [2.75, 3.05) is 0 Å². The molecular formula is C20H19NO3. The van der Waals surface area contributed by atoms with E-state index in [1.165, 1.54) is 0 Å². The van der Waals surface area contributed by atoms with Gasteiger partial charge in [-0.3, -0.25) is 4.57 Å². The van der Waals surface area contributed by atoms with E-state index in [-0.39, 0.29) is 11.8 Å². The molecule has 0 unspecified atom stereocenters. The number of fused-ring (bicyclic) bond motifs is 6. The maximum atomic E-state index is 10.9. The van der Waals surface area contributed by atoms with Gasteiger partial charge < -0.3 is 14.9 Å². The van der Waals surface area contributed by atoms with Gasteiger partial charge in [-0.25, -0.2) is 0 Å². The van der Waals surface area contributed by atoms with Crippen molar-refractivity contribution in [3.63, 3.8) is 0 Å². The van der Waals surface area contributed by atoms with Crippen molar-refractivity contribution in [3.8, 4) is 17.4 Å². The third kappa shape index (κ3) is 1.52. The third-order valence-electron chi connectivity index (χ3n) is 5.70. The lowest BCUT2D eigenvalue weighted by atomic mass is 9.80. The van der Waals surface area contributed by atoms with Crippen LogP contribution in [0.4, 0.5) is 0 Å². The summed E-state index contributed by atoms with van der Waals surface area (Å²) in [6, 6.07) is 14.0. The number of aromatic nitrogens is 1. The second-order valence-corrected chi connectivity index (χ2v) is 7.33. The van der Waals surface area contributed by atoms with E-state index in [1.54, 1.807) is 4.57 Å². The van der Waals surface area contributed by atoms with Crippen LogP contribution in [0.5, 0.6) is 11.8 Å². The van der Waals surface area contributed by atoms with E-state index in [9.17, 15) is 10.2 Å². The topological polar surface area (TPSA) is 54.6 Å². The molecule has 2 aliphatic rings. The molecule has 2 aromatic carbocycles. The van der Waals surface area contributed by atoms with Gasteiger partial charge in [-0.15, -0.1) is 0 Å². The van der Waals surface area contributed by atoms with Crippen molar-refractivity contribution < 1.29 is 14.9 Å². The molecule has 24 heavy (non-hydrogen) atoms. The first-order valence-corrected chi connectivity index (χ1v) is 8.30. The molecule has 2 bridgehead atoms. The highest BCUT2D eigenvalue weighted by molar-refractivity contribution is 5.84. The first-order valence-electron chi connectivity index (χ1n) is 8.30. The predicted octanol–water partition coefficient (Wildman–Crippen LogP) is 4.30. The highest BCUT2D eigenvalue weighted by Crippen LogP contribution is 2.64. The van der Waals surface area contributed by atoms with Crippen molar-refractivity contribution in [1.82, 2.24) is 4.57 Å². The number of ether oxygens (including phenoxy) is 1. The first-order chi connectivity index (χ1) is 11.4. The van der Waals surface area contributed by atoms with E-state index in [0.717, 1.165) is 40.4 Å². The summed E-state index contributed by atoms with van der Waals surface area (Å²) in [4.78, 5) is 0. The Morgan fingerprint density at radius 3 is 2.08 bits per heavy atom. The van der Waals surface area contributed by atoms with Crippen LogP contribution in [0.1, 0.15) is 37.8 Å². The molecule has 5 rings (SSSR count). The minimum Gasteiger partial charge on any atom is -0.494 e. The number of nitrogens with zero attached hydrogens (tertiary/aromatic N) is 1. The minimum absolute atomic E-state index is 0.0868. The van der Waals surface area contributed by atoms with Crippen molar-refractivity contribution in [2.24, 2.45) is 0 Å². The van der Waals surface area contributed by atoms with Gasteiger partial charge in [0.2, 0.25) is 11.8 Å². The van der Waals surface area contributed by atoms with Gasteiger partial charge in [-0.1, -0.05) is 30.3 Å². The second kappa shape index (κ2) is 4.14. The Labute approximate surface area is 139 Å². The van der Waals surface area contributed by atoms with Gasteiger partial charge >= 0.3 is 0 Å². The smallest absolute Gasteiger partial charge is 0.205 e. The monoisotopic (exact) mass is 321 g/mol. The van der Waals surface area contributed by atoms with Crippen LogP contribution in [0.3, 0.4) is 0 Å². The maximum Gasteiger partial charge on any atom is 0.205 e. The van der Waals surface area contributed by atoms with Crippen molar-refractivity contribution >= 4 is 10.8 Å². The molecule has 122 valence electrons. The Hall–Kier alpha value is -2.46. The molecule has 0 saturated carbocycles. The zero-order valence-corrected chi connectivity index (χ0v) is 13.7. The molecule has 0 radical (unpaired) electrons. The van der Waals surface area contributed by atoms with Gasteiger partial charge in [-0.2, -0.15) is 0 Å². The molecule has 1 saturated heterocycles. The van der Waals surface area contributed by atoms with E-state index in [0.29, 0.717) is 0 Å². The molecule has 0 amide bonds. The molecule has 0 spiro atoms. The summed E-state index contributed by atoms with van der Waals surface area (Å²) in [5.74, 6) is 0.174. The summed E-state index contributed by atoms with van der Waals surface area (Å²) < 4.78 is 7.69. The fraction of sp³-hybridized carbons (Fsp3) is 0.300. The molecular weight excluding hydrogens is 302 g/mol. The molecule has 2 aliphatic heterocycles. The van der Waals surface area contributed by atoms with Gasteiger partial charge in [0.1, 0.15) is 0 Å². The van der Waals surface area contributed by atoms with Gasteiger partial charge in [0.05, 0.1) is 28.0 Å². The van der Waals surface area contributed by atoms with Crippen LogP contribution in [0, 0.1) is 0 Å². The average Bonchev–Trinajstić information content (AvgIpc) is 3.11. The van der Waals surface area contributed by atoms with Crippen LogP contribution in [-0.4, -0.2) is 14.8 Å². The fourth-order valence-corrected chi connectivity index (χ4v) is 4.54. The highest BCUT2D eigenvalue weighted by Gasteiger charge is 2.59. The molecule has 0 aliphatic carbocycles. The van der Waals surface area contributed by atoms with Gasteiger partial charge in [0.15, 0.2) is 0 Å². The van der Waals surface area contributed by atoms with Gasteiger partial charge in [0, 0.05) is 0 Å². The maximum absolute atomic E-state index is 10.9. The van der Waals surface area contributed by atoms with E-state index in [1.807, 2.05) is 56.3 Å². The normalized spacial score (nSPS) is 27.8. The van der Waals surface area contributed by atoms with Gasteiger partial charge in [-0.05, 0) is 49.6 Å². The van der Waals surface area contributed by atoms with Crippen molar-refractivity contribution in [2.45, 2.75) is 37.9 Å². The molecule has 2 N–H and O–H groups in total. The summed E-state index contributed by atoms with van der Waals surface area (Å²) >= 11 is 0. The number of hydrogen-bond donors (Lipinski definition) is 2. The second-order valence-electron chi connectivity index (χ2n) is 7.33. The lowest BCUT2D eigenvalue weighted by molar-refractivity contribution is -0.0683. The van der Waals surface area contributed by atoms with Crippen LogP contribution in [0.15, 0.2) is 42.5 Å². The number of hydrogen-bond acceptors (Lipinski definition) is 3. The highest BCUT2D eigenvalue weighted by atomic mass is 16.5. The largest absolute Gasteiger partial charge is 0.494 e. The Bertz CT molecular complexity index is 966. The van der Waals surface area contributed by atoms with Crippen LogP contribution >= 0.6 is 0 Å². The molecule has 2 atom stereocenters. The van der Waals surface area contributed by atoms with Crippen molar-refractivity contribution in [3.05, 3.63) is 53.6 Å². The van der Waals surface area contributed by atoms with E-state index in [2.05, 4.69) is 0 Å². The SMILES string of the molecule is C[C@]12CC[C@](C)(O1)c1c2c(O)n(-c2ccc3ccccc3c2)c1O. The average molecular weight is 321 g/mol. The molecule has 4 nitrogen and oxygen atoms in total. The lowest BCUT2D eigenvalue weighted by Crippen LogP contribution is -2.17. The Balaban J connectivity index is 1.79. The van der Waals surface area contributed by atoms with Crippen LogP contribution < -0.4 is 0 Å². The summed E-state index contributed by atoms with van der Waals surface area (Å²) in [7, 11) is 0. The molecule has 4 heteroatoms. The lowest BCUT2D eigenvalue weighted by Gasteiger charge is -2.21. The van der Waals surface area contributed by atoms with Crippen LogP contribution in [0.25, 0.3) is 16.5 Å². The van der Waals surface area contributed by atoms with E-state index < -0.39 is 11.2 Å². The predicted molar refractivity (Wildman–Crippen MR) is 91.6 cm³/mol. The Morgan fingerprint density at radius 2 is 1.46 bits per heavy atom. The van der Waals surface area contributed by atoms with Crippen LogP contribution in [-0.2, 0) is 15.9 Å². The number of rotatable bonds is 1. The molecule has 3 heterocycles. The third-order valence-corrected chi connectivity index (χ3v) is 5.70. The summed E-state index contributed by atoms with van der Waals surface area (Å²) in [5.41, 5.74) is 1.19. The number of benzene rings is 2. The van der Waals surface area contributed by atoms with Gasteiger partial charge in [0.25, 0.3) is 0 Å². The molecule has 1 aromatic heterocycles. The summed E-state index contributed by atoms with van der Waals surface area (Å²) in [6.45, 7) is 3.99. The summed E-state index contributed by atoms with van der Waals surface area (Å²) in [6.07, 6.45) is 1.70. The Kier molecular flexibility index (Phi) is 2.40. The van der Waals surface area contributed by atoms with E-state index in [4.69, 9.17) is 4.74 Å². The van der Waals surface area contributed by atoms with Crippen molar-refractivity contribution in [1.29, 1.82) is 0 Å².